The molecule has 9 heteroatoms. The molecule has 0 spiro atoms. The van der Waals surface area contributed by atoms with E-state index in [1.54, 1.807) is 20.8 Å². The third kappa shape index (κ3) is 25.0. The highest BCUT2D eigenvalue weighted by atomic mass is 35.5. The van der Waals surface area contributed by atoms with Crippen molar-refractivity contribution in [3.63, 3.8) is 0 Å². The Labute approximate surface area is 236 Å². The molecular weight excluding hydrogens is 524 g/mol. The van der Waals surface area contributed by atoms with Crippen LogP contribution in [0.2, 0.25) is 0 Å². The Morgan fingerprint density at radius 2 is 1.08 bits per heavy atom. The lowest BCUT2D eigenvalue weighted by Gasteiger charge is -2.19. The molecule has 216 valence electrons. The van der Waals surface area contributed by atoms with Gasteiger partial charge in [0.1, 0.15) is 30.8 Å². The highest BCUT2D eigenvalue weighted by Crippen LogP contribution is 2.09. The summed E-state index contributed by atoms with van der Waals surface area (Å²) in [6.45, 7) is 12.9. The molecule has 0 atom stereocenters. The summed E-state index contributed by atoms with van der Waals surface area (Å²) in [5.74, 6) is -1.01. The van der Waals surface area contributed by atoms with E-state index in [0.717, 1.165) is 11.1 Å². The number of hydrogen-bond donors (Lipinski definition) is 0. The van der Waals surface area contributed by atoms with Gasteiger partial charge in [-0.3, -0.25) is 19.2 Å². The van der Waals surface area contributed by atoms with Gasteiger partial charge in [0.05, 0.1) is 13.2 Å². The van der Waals surface area contributed by atoms with Crippen molar-refractivity contribution in [2.45, 2.75) is 79.3 Å². The van der Waals surface area contributed by atoms with Crippen LogP contribution in [0.25, 0.3) is 0 Å². The van der Waals surface area contributed by atoms with E-state index in [1.807, 2.05) is 81.4 Å². The van der Waals surface area contributed by atoms with Crippen LogP contribution in [0.4, 0.5) is 0 Å². The van der Waals surface area contributed by atoms with E-state index in [9.17, 15) is 19.2 Å². The average molecular weight is 565 g/mol. The molecule has 2 aromatic rings. The number of halogens is 1. The summed E-state index contributed by atoms with van der Waals surface area (Å²) in [6.07, 6.45) is -0.244. The fourth-order valence-electron chi connectivity index (χ4n) is 2.70. The van der Waals surface area contributed by atoms with E-state index < -0.39 is 16.8 Å². The second-order valence-electron chi connectivity index (χ2n) is 10.3. The van der Waals surface area contributed by atoms with Crippen LogP contribution in [-0.2, 0) is 51.3 Å². The second-order valence-corrected chi connectivity index (χ2v) is 10.7. The number of hydrogen-bond acceptors (Lipinski definition) is 8. The van der Waals surface area contributed by atoms with Crippen LogP contribution in [0.5, 0.6) is 0 Å². The van der Waals surface area contributed by atoms with Gasteiger partial charge in [-0.2, -0.15) is 0 Å². The molecule has 0 aliphatic rings. The summed E-state index contributed by atoms with van der Waals surface area (Å²) in [5.41, 5.74) is 1.14. The first-order chi connectivity index (χ1) is 18.1. The van der Waals surface area contributed by atoms with E-state index in [1.165, 1.54) is 6.92 Å². The molecule has 0 saturated carbocycles. The molecule has 8 nitrogen and oxygen atoms in total. The molecule has 0 amide bonds. The fraction of sp³-hybridized carbons (Fsp3) is 0.467. The van der Waals surface area contributed by atoms with Gasteiger partial charge in [-0.1, -0.05) is 60.7 Å². The third-order valence-electron chi connectivity index (χ3n) is 3.91. The molecule has 0 aliphatic heterocycles. The minimum Gasteiger partial charge on any atom is -0.460 e. The number of carbonyl (C=O) groups excluding carboxylic acids is 4. The van der Waals surface area contributed by atoms with Gasteiger partial charge in [-0.15, -0.1) is 0 Å². The molecular formula is C30H41ClO8. The standard InChI is InChI=1S/C15H20O4.C9H9ClO2.C6H12O2/c1-15(2,3)19-14(17)9-13(16)11-18-10-12-7-5-4-6-8-12;10-9(11)7-12-6-8-4-2-1-3-5-8;1-5(7)8-6(2,3)4/h4-8H,9-11H2,1-3H3;1-5H,6-7H2;1-4H3. The predicted molar refractivity (Wildman–Crippen MR) is 150 cm³/mol. The Morgan fingerprint density at radius 3 is 1.41 bits per heavy atom. The molecule has 0 saturated heterocycles. The number of ketones is 1. The smallest absolute Gasteiger partial charge is 0.313 e. The Hall–Kier alpha value is -3.07. The first-order valence-electron chi connectivity index (χ1n) is 12.4. The van der Waals surface area contributed by atoms with Gasteiger partial charge < -0.3 is 18.9 Å². The SMILES string of the molecule is CC(=O)OC(C)(C)C.CC(C)(C)OC(=O)CC(=O)COCc1ccccc1.O=C(Cl)COCc1ccccc1. The minimum atomic E-state index is -0.567. The van der Waals surface area contributed by atoms with Crippen molar-refractivity contribution in [3.8, 4) is 0 Å². The second kappa shape index (κ2) is 19.1. The molecule has 0 N–H and O–H groups in total. The van der Waals surface area contributed by atoms with E-state index in [0.29, 0.717) is 13.2 Å². The molecule has 0 aromatic heterocycles. The zero-order chi connectivity index (χ0) is 29.9. The first-order valence-corrected chi connectivity index (χ1v) is 12.8. The van der Waals surface area contributed by atoms with Crippen LogP contribution in [0.3, 0.4) is 0 Å². The Balaban J connectivity index is 0.000000616. The summed E-state index contributed by atoms with van der Waals surface area (Å²) in [4.78, 5) is 43.4. The zero-order valence-electron chi connectivity index (χ0n) is 24.0. The molecule has 2 rings (SSSR count). The van der Waals surface area contributed by atoms with E-state index >= 15 is 0 Å². The molecule has 2 aromatic carbocycles. The van der Waals surface area contributed by atoms with Gasteiger partial charge in [-0.25, -0.2) is 0 Å². The lowest BCUT2D eigenvalue weighted by Crippen LogP contribution is -2.26. The maximum Gasteiger partial charge on any atom is 0.313 e. The zero-order valence-corrected chi connectivity index (χ0v) is 24.7. The Morgan fingerprint density at radius 1 is 0.667 bits per heavy atom. The Kier molecular flexibility index (Phi) is 17.6. The summed E-state index contributed by atoms with van der Waals surface area (Å²) < 4.78 is 20.1. The van der Waals surface area contributed by atoms with Gasteiger partial charge in [0.25, 0.3) is 0 Å². The largest absolute Gasteiger partial charge is 0.460 e. The van der Waals surface area contributed by atoms with Crippen LogP contribution in [-0.4, -0.2) is 47.4 Å². The molecule has 0 unspecified atom stereocenters. The van der Waals surface area contributed by atoms with Gasteiger partial charge in [0.2, 0.25) is 5.24 Å². The van der Waals surface area contributed by atoms with Crippen molar-refractivity contribution in [3.05, 3.63) is 71.8 Å². The Bertz CT molecular complexity index is 993. The lowest BCUT2D eigenvalue weighted by atomic mass is 10.2. The van der Waals surface area contributed by atoms with Crippen molar-refractivity contribution in [1.29, 1.82) is 0 Å². The molecule has 0 radical (unpaired) electrons. The number of Topliss-reactive ketones (excluding diaryl/α,β-unsaturated/α-hetero) is 1. The van der Waals surface area contributed by atoms with Gasteiger partial charge in [0.15, 0.2) is 5.78 Å². The van der Waals surface area contributed by atoms with E-state index in [-0.39, 0.29) is 37.0 Å². The van der Waals surface area contributed by atoms with Gasteiger partial charge >= 0.3 is 11.9 Å². The lowest BCUT2D eigenvalue weighted by molar-refractivity contribution is -0.157. The maximum absolute atomic E-state index is 11.5. The van der Waals surface area contributed by atoms with Gasteiger partial charge in [0, 0.05) is 6.92 Å². The van der Waals surface area contributed by atoms with Crippen LogP contribution in [0.1, 0.15) is 66.0 Å². The molecule has 0 heterocycles. The summed E-state index contributed by atoms with van der Waals surface area (Å²) in [5, 5.41) is -0.467. The highest BCUT2D eigenvalue weighted by molar-refractivity contribution is 6.63. The number of benzene rings is 2. The van der Waals surface area contributed by atoms with Crippen LogP contribution in [0, 0.1) is 0 Å². The van der Waals surface area contributed by atoms with Crippen molar-refractivity contribution < 1.29 is 38.1 Å². The predicted octanol–water partition coefficient (Wildman–Crippen LogP) is 5.82. The minimum absolute atomic E-state index is 0.0313. The van der Waals surface area contributed by atoms with Crippen LogP contribution >= 0.6 is 11.6 Å². The number of esters is 2. The highest BCUT2D eigenvalue weighted by Gasteiger charge is 2.18. The number of rotatable bonds is 10. The van der Waals surface area contributed by atoms with Crippen molar-refractivity contribution in [1.82, 2.24) is 0 Å². The summed E-state index contributed by atoms with van der Waals surface area (Å²) in [7, 11) is 0. The third-order valence-corrected chi connectivity index (χ3v) is 4.02. The van der Waals surface area contributed by atoms with Crippen LogP contribution < -0.4 is 0 Å². The van der Waals surface area contributed by atoms with Crippen molar-refractivity contribution in [2.24, 2.45) is 0 Å². The van der Waals surface area contributed by atoms with Crippen molar-refractivity contribution in [2.75, 3.05) is 13.2 Å². The molecule has 0 bridgehead atoms. The van der Waals surface area contributed by atoms with Crippen LogP contribution in [0.15, 0.2) is 60.7 Å². The van der Waals surface area contributed by atoms with E-state index in [4.69, 9.17) is 30.5 Å². The summed E-state index contributed by atoms with van der Waals surface area (Å²) in [6, 6.07) is 19.2. The first kappa shape index (κ1) is 35.9. The molecule has 39 heavy (non-hydrogen) atoms. The fourth-order valence-corrected chi connectivity index (χ4v) is 2.78. The maximum atomic E-state index is 11.5. The quantitative estimate of drug-likeness (QED) is 0.202. The average Bonchev–Trinajstić information content (AvgIpc) is 2.78. The normalized spacial score (nSPS) is 10.7. The molecule has 0 aliphatic carbocycles. The topological polar surface area (TPSA) is 105 Å². The van der Waals surface area contributed by atoms with Crippen molar-refractivity contribution >= 4 is 34.6 Å². The molecule has 0 fully saturated rings. The van der Waals surface area contributed by atoms with Gasteiger partial charge in [-0.05, 0) is 64.3 Å². The van der Waals surface area contributed by atoms with E-state index in [2.05, 4.69) is 0 Å². The number of ether oxygens (including phenoxy) is 4. The monoisotopic (exact) mass is 564 g/mol. The number of carbonyl (C=O) groups is 4. The summed E-state index contributed by atoms with van der Waals surface area (Å²) >= 11 is 5.08.